The van der Waals surface area contributed by atoms with Crippen molar-refractivity contribution in [1.82, 2.24) is 0 Å². The largest absolute Gasteiger partial charge is 0.377 e. The molecule has 1 saturated carbocycles. The standard InChI is InChI=1S/C16H22OS/c1-12-6-2-4-8-15(12)17-11-14-10-13-7-3-5-9-16(13)18-14/h3,5,7,9,12,14-15H,2,4,6,8,10-11H2,1H3. The third-order valence-electron chi connectivity index (χ3n) is 4.24. The van der Waals surface area contributed by atoms with Gasteiger partial charge in [0.1, 0.15) is 0 Å². The summed E-state index contributed by atoms with van der Waals surface area (Å²) in [5, 5.41) is 0.636. The molecule has 1 aromatic rings. The number of fused-ring (bicyclic) bond motifs is 1. The Morgan fingerprint density at radius 3 is 2.89 bits per heavy atom. The van der Waals surface area contributed by atoms with E-state index in [2.05, 4.69) is 31.2 Å². The van der Waals surface area contributed by atoms with Crippen LogP contribution in [0.2, 0.25) is 0 Å². The maximum atomic E-state index is 6.19. The Kier molecular flexibility index (Phi) is 3.95. The van der Waals surface area contributed by atoms with Gasteiger partial charge in [-0.15, -0.1) is 11.8 Å². The van der Waals surface area contributed by atoms with Crippen molar-refractivity contribution >= 4 is 11.8 Å². The van der Waals surface area contributed by atoms with Gasteiger partial charge in [-0.25, -0.2) is 0 Å². The summed E-state index contributed by atoms with van der Waals surface area (Å²) >= 11 is 2.00. The van der Waals surface area contributed by atoms with Gasteiger partial charge in [0.05, 0.1) is 12.7 Å². The van der Waals surface area contributed by atoms with Crippen molar-refractivity contribution in [2.45, 2.75) is 55.3 Å². The monoisotopic (exact) mass is 262 g/mol. The molecule has 1 aliphatic heterocycles. The van der Waals surface area contributed by atoms with Crippen LogP contribution in [-0.4, -0.2) is 18.0 Å². The molecule has 1 aromatic carbocycles. The molecular formula is C16H22OS. The number of benzene rings is 1. The molecule has 1 heterocycles. The Bertz CT molecular complexity index is 379. The fourth-order valence-corrected chi connectivity index (χ4v) is 4.34. The van der Waals surface area contributed by atoms with Crippen LogP contribution in [0.1, 0.15) is 38.2 Å². The van der Waals surface area contributed by atoms with Gasteiger partial charge in [-0.2, -0.15) is 0 Å². The van der Waals surface area contributed by atoms with Crippen LogP contribution in [0.3, 0.4) is 0 Å². The molecule has 1 aliphatic carbocycles. The Morgan fingerprint density at radius 1 is 1.22 bits per heavy atom. The van der Waals surface area contributed by atoms with Crippen LogP contribution in [0.4, 0.5) is 0 Å². The lowest BCUT2D eigenvalue weighted by atomic mass is 9.88. The topological polar surface area (TPSA) is 9.23 Å². The molecule has 0 N–H and O–H groups in total. The summed E-state index contributed by atoms with van der Waals surface area (Å²) in [5.41, 5.74) is 1.51. The van der Waals surface area contributed by atoms with Crippen LogP contribution >= 0.6 is 11.8 Å². The SMILES string of the molecule is CC1CCCCC1OCC1Cc2ccccc2S1. The third kappa shape index (κ3) is 2.75. The lowest BCUT2D eigenvalue weighted by Crippen LogP contribution is -2.28. The summed E-state index contributed by atoms with van der Waals surface area (Å²) in [6.07, 6.45) is 7.07. The quantitative estimate of drug-likeness (QED) is 0.803. The average Bonchev–Trinajstić information content (AvgIpc) is 2.80. The molecule has 0 aromatic heterocycles. The second kappa shape index (κ2) is 5.66. The minimum absolute atomic E-state index is 0.517. The maximum absolute atomic E-state index is 6.19. The molecule has 0 amide bonds. The predicted molar refractivity (Wildman–Crippen MR) is 77.2 cm³/mol. The van der Waals surface area contributed by atoms with Crippen molar-refractivity contribution in [3.8, 4) is 0 Å². The summed E-state index contributed by atoms with van der Waals surface area (Å²) < 4.78 is 6.19. The van der Waals surface area contributed by atoms with E-state index in [1.165, 1.54) is 42.6 Å². The Hall–Kier alpha value is -0.470. The van der Waals surface area contributed by atoms with Gasteiger partial charge < -0.3 is 4.74 Å². The zero-order valence-corrected chi connectivity index (χ0v) is 11.9. The molecule has 0 spiro atoms. The first-order chi connectivity index (χ1) is 8.83. The molecule has 0 bridgehead atoms. The summed E-state index contributed by atoms with van der Waals surface area (Å²) in [4.78, 5) is 1.46. The molecule has 1 fully saturated rings. The molecule has 3 unspecified atom stereocenters. The van der Waals surface area contributed by atoms with Gasteiger partial charge in [-0.1, -0.05) is 38.0 Å². The number of hydrogen-bond acceptors (Lipinski definition) is 2. The molecule has 3 rings (SSSR count). The van der Waals surface area contributed by atoms with E-state index in [-0.39, 0.29) is 0 Å². The van der Waals surface area contributed by atoms with Crippen molar-refractivity contribution in [2.75, 3.05) is 6.61 Å². The zero-order valence-electron chi connectivity index (χ0n) is 11.1. The molecule has 0 saturated heterocycles. The Balaban J connectivity index is 1.51. The van der Waals surface area contributed by atoms with Crippen LogP contribution in [0, 0.1) is 5.92 Å². The van der Waals surface area contributed by atoms with E-state index in [9.17, 15) is 0 Å². The van der Waals surface area contributed by atoms with Crippen LogP contribution in [-0.2, 0) is 11.2 Å². The summed E-state index contributed by atoms with van der Waals surface area (Å²) in [5.74, 6) is 0.757. The first-order valence-electron chi connectivity index (χ1n) is 7.19. The zero-order chi connectivity index (χ0) is 12.4. The molecule has 18 heavy (non-hydrogen) atoms. The van der Waals surface area contributed by atoms with E-state index in [0.29, 0.717) is 11.4 Å². The first kappa shape index (κ1) is 12.6. The molecule has 0 radical (unpaired) electrons. The van der Waals surface area contributed by atoms with Crippen molar-refractivity contribution in [2.24, 2.45) is 5.92 Å². The minimum atomic E-state index is 0.517. The highest BCUT2D eigenvalue weighted by Crippen LogP contribution is 2.37. The number of ether oxygens (including phenoxy) is 1. The number of rotatable bonds is 3. The van der Waals surface area contributed by atoms with E-state index in [1.54, 1.807) is 0 Å². The van der Waals surface area contributed by atoms with E-state index in [4.69, 9.17) is 4.74 Å². The number of thioether (sulfide) groups is 1. The maximum Gasteiger partial charge on any atom is 0.0601 e. The molecule has 3 atom stereocenters. The lowest BCUT2D eigenvalue weighted by molar-refractivity contribution is -0.00375. The predicted octanol–water partition coefficient (Wildman–Crippen LogP) is 4.30. The second-order valence-corrected chi connectivity index (χ2v) is 7.03. The van der Waals surface area contributed by atoms with Crippen molar-refractivity contribution < 1.29 is 4.74 Å². The van der Waals surface area contributed by atoms with Crippen molar-refractivity contribution in [3.63, 3.8) is 0 Å². The van der Waals surface area contributed by atoms with Gasteiger partial charge in [0.15, 0.2) is 0 Å². The highest BCUT2D eigenvalue weighted by Gasteiger charge is 2.26. The molecule has 2 heteroatoms. The number of hydrogen-bond donors (Lipinski definition) is 0. The van der Waals surface area contributed by atoms with Crippen LogP contribution < -0.4 is 0 Å². The fraction of sp³-hybridized carbons (Fsp3) is 0.625. The van der Waals surface area contributed by atoms with E-state index in [1.807, 2.05) is 11.8 Å². The highest BCUT2D eigenvalue weighted by molar-refractivity contribution is 8.00. The van der Waals surface area contributed by atoms with Gasteiger partial charge in [-0.3, -0.25) is 0 Å². The van der Waals surface area contributed by atoms with Gasteiger partial charge in [0, 0.05) is 10.1 Å². The van der Waals surface area contributed by atoms with Crippen LogP contribution in [0.5, 0.6) is 0 Å². The third-order valence-corrected chi connectivity index (χ3v) is 5.53. The van der Waals surface area contributed by atoms with E-state index >= 15 is 0 Å². The van der Waals surface area contributed by atoms with Crippen molar-refractivity contribution in [3.05, 3.63) is 29.8 Å². The second-order valence-electron chi connectivity index (χ2n) is 5.69. The normalized spacial score (nSPS) is 31.3. The average molecular weight is 262 g/mol. The van der Waals surface area contributed by atoms with Crippen LogP contribution in [0.25, 0.3) is 0 Å². The van der Waals surface area contributed by atoms with Gasteiger partial charge >= 0.3 is 0 Å². The Labute approximate surface area is 114 Å². The van der Waals surface area contributed by atoms with Crippen LogP contribution in [0.15, 0.2) is 29.2 Å². The smallest absolute Gasteiger partial charge is 0.0601 e. The van der Waals surface area contributed by atoms with E-state index < -0.39 is 0 Å². The van der Waals surface area contributed by atoms with Gasteiger partial charge in [0.25, 0.3) is 0 Å². The fourth-order valence-electron chi connectivity index (χ4n) is 3.11. The Morgan fingerprint density at radius 2 is 2.06 bits per heavy atom. The molecular weight excluding hydrogens is 240 g/mol. The van der Waals surface area contributed by atoms with Gasteiger partial charge in [-0.05, 0) is 36.8 Å². The summed E-state index contributed by atoms with van der Waals surface area (Å²) in [7, 11) is 0. The summed E-state index contributed by atoms with van der Waals surface area (Å²) in [6.45, 7) is 3.27. The van der Waals surface area contributed by atoms with E-state index in [0.717, 1.165) is 12.5 Å². The molecule has 2 aliphatic rings. The first-order valence-corrected chi connectivity index (χ1v) is 8.07. The molecule has 98 valence electrons. The lowest BCUT2D eigenvalue weighted by Gasteiger charge is -2.29. The van der Waals surface area contributed by atoms with Gasteiger partial charge in [0.2, 0.25) is 0 Å². The minimum Gasteiger partial charge on any atom is -0.377 e. The summed E-state index contributed by atoms with van der Waals surface area (Å²) in [6, 6.07) is 8.78. The highest BCUT2D eigenvalue weighted by atomic mass is 32.2. The molecule has 1 nitrogen and oxygen atoms in total. The van der Waals surface area contributed by atoms with Crippen molar-refractivity contribution in [1.29, 1.82) is 0 Å².